The molecule has 48 heavy (non-hydrogen) atoms. The summed E-state index contributed by atoms with van der Waals surface area (Å²) in [5.74, 6) is 0.758. The van der Waals surface area contributed by atoms with Gasteiger partial charge in [-0.3, -0.25) is 14.4 Å². The maximum atomic E-state index is 14.2. The van der Waals surface area contributed by atoms with Crippen molar-refractivity contribution in [2.45, 2.75) is 119 Å². The van der Waals surface area contributed by atoms with Crippen LogP contribution in [-0.4, -0.2) is 40.2 Å². The van der Waals surface area contributed by atoms with Crippen molar-refractivity contribution in [3.63, 3.8) is 0 Å². The van der Waals surface area contributed by atoms with E-state index in [2.05, 4.69) is 46.5 Å². The number of pyridine rings is 1. The van der Waals surface area contributed by atoms with Crippen LogP contribution < -0.4 is 10.3 Å². The molecule has 0 aliphatic heterocycles. The number of rotatable bonds is 2. The molecule has 7 nitrogen and oxygen atoms in total. The van der Waals surface area contributed by atoms with Crippen LogP contribution in [0.4, 0.5) is 0 Å². The van der Waals surface area contributed by atoms with Crippen LogP contribution in [0.25, 0.3) is 10.9 Å². The monoisotopic (exact) mass is 659 g/mol. The molecule has 2 aromatic rings. The maximum absolute atomic E-state index is 14.2. The van der Waals surface area contributed by atoms with Crippen molar-refractivity contribution >= 4 is 22.7 Å². The number of hydrogen-bond acceptors (Lipinski definition) is 5. The summed E-state index contributed by atoms with van der Waals surface area (Å²) in [7, 11) is 1.59. The Morgan fingerprint density at radius 1 is 0.938 bits per heavy atom. The largest absolute Gasteiger partial charge is 0.495 e. The fraction of sp³-hybridized carbons (Fsp3) is 0.683. The molecule has 0 amide bonds. The van der Waals surface area contributed by atoms with Crippen LogP contribution in [0.5, 0.6) is 5.75 Å². The van der Waals surface area contributed by atoms with Gasteiger partial charge in [-0.05, 0) is 128 Å². The Kier molecular flexibility index (Phi) is 8.22. The number of aryl methyl sites for hydroxylation is 1. The van der Waals surface area contributed by atoms with E-state index in [1.165, 1.54) is 5.57 Å². The van der Waals surface area contributed by atoms with Gasteiger partial charge in [0.25, 0.3) is 0 Å². The molecule has 0 saturated heterocycles. The van der Waals surface area contributed by atoms with E-state index in [-0.39, 0.29) is 56.4 Å². The number of carbonyl (C=O) groups excluding carboxylic acids is 1. The summed E-state index contributed by atoms with van der Waals surface area (Å²) in [6.45, 7) is 17.7. The molecule has 4 fully saturated rings. The molecule has 3 N–H and O–H groups in total. The van der Waals surface area contributed by atoms with Gasteiger partial charge < -0.3 is 19.9 Å². The van der Waals surface area contributed by atoms with Gasteiger partial charge in [-0.2, -0.15) is 0 Å². The number of allylic oxidation sites excluding steroid dienone is 2. The lowest BCUT2D eigenvalue weighted by Gasteiger charge is -2.70. The normalized spacial score (nSPS) is 41.4. The highest BCUT2D eigenvalue weighted by Gasteiger charge is 2.70. The van der Waals surface area contributed by atoms with Gasteiger partial charge in [-0.25, -0.2) is 0 Å². The van der Waals surface area contributed by atoms with E-state index in [1.54, 1.807) is 13.2 Å². The van der Waals surface area contributed by atoms with Gasteiger partial charge in [0, 0.05) is 17.4 Å². The Bertz CT molecular complexity index is 1740. The zero-order chi connectivity index (χ0) is 35.2. The predicted molar refractivity (Wildman–Crippen MR) is 189 cm³/mol. The minimum atomic E-state index is -0.711. The molecular weight excluding hydrogens is 602 g/mol. The third-order valence-corrected chi connectivity index (χ3v) is 15.3. The fourth-order valence-electron chi connectivity index (χ4n) is 12.0. The van der Waals surface area contributed by atoms with E-state index in [4.69, 9.17) is 4.74 Å². The van der Waals surface area contributed by atoms with Crippen LogP contribution in [0.3, 0.4) is 0 Å². The summed E-state index contributed by atoms with van der Waals surface area (Å²) < 4.78 is 5.17. The van der Waals surface area contributed by atoms with Crippen molar-refractivity contribution in [2.24, 2.45) is 50.2 Å². The lowest BCUT2D eigenvalue weighted by atomic mass is 9.33. The summed E-state index contributed by atoms with van der Waals surface area (Å²) in [6, 6.07) is 7.29. The molecule has 4 saturated carbocycles. The summed E-state index contributed by atoms with van der Waals surface area (Å²) in [5.41, 5.74) is 1.77. The smallest absolute Gasteiger partial charge is 0.309 e. The number of H-pyrrole nitrogens is 1. The highest BCUT2D eigenvalue weighted by molar-refractivity contribution is 5.95. The van der Waals surface area contributed by atoms with Crippen molar-refractivity contribution < 1.29 is 24.5 Å². The van der Waals surface area contributed by atoms with Crippen molar-refractivity contribution in [1.82, 2.24) is 4.98 Å². The lowest BCUT2D eigenvalue weighted by molar-refractivity contribution is -0.202. The number of carboxylic acids is 1. The first-order chi connectivity index (χ1) is 22.3. The second-order valence-electron chi connectivity index (χ2n) is 18.1. The van der Waals surface area contributed by atoms with Gasteiger partial charge in [-0.1, -0.05) is 59.2 Å². The molecule has 9 atom stereocenters. The third kappa shape index (κ3) is 4.87. The molecule has 1 heterocycles. The zero-order valence-electron chi connectivity index (χ0n) is 30.6. The number of aromatic nitrogens is 1. The maximum Gasteiger partial charge on any atom is 0.309 e. The molecule has 5 aliphatic carbocycles. The predicted octanol–water partition coefficient (Wildman–Crippen LogP) is 8.26. The molecule has 262 valence electrons. The number of aliphatic hydroxyl groups excluding tert-OH is 1. The van der Waals surface area contributed by atoms with E-state index in [0.29, 0.717) is 18.1 Å². The zero-order valence-corrected chi connectivity index (χ0v) is 30.6. The number of aliphatic carboxylic acids is 1. The highest BCUT2D eigenvalue weighted by Crippen LogP contribution is 2.75. The molecule has 7 heteroatoms. The first kappa shape index (κ1) is 34.9. The average molecular weight is 660 g/mol. The molecule has 0 spiro atoms. The summed E-state index contributed by atoms with van der Waals surface area (Å²) >= 11 is 0. The lowest BCUT2D eigenvalue weighted by Crippen LogP contribution is -2.66. The molecular formula is C41H57NO6. The quantitative estimate of drug-likeness (QED) is 0.299. The SMILES string of the molecule is CC1(C(=O)O)CCC2(C)CCC3(C)C(=CC(=O)C4C5(C)CCC(O)C(C)(C)C5CCC43C)C2C1.COc1cccc2c(C)cc(=O)[nH]c12. The number of aromatic amines is 1. The number of methoxy groups -OCH3 is 1. The Labute approximate surface area is 285 Å². The standard InChI is InChI=1S/C30H46O4.C11H11NO2/c1-25(2)21-8-11-30(7)23(28(21,5)10-9-22(25)32)20(31)16-18-19-17-27(4,24(33)34)13-12-26(19,3)14-15-29(18,30)6;1-7-6-10(13)12-11-8(7)4-3-5-9(11)14-2/h16,19,21-23,32H,8-15,17H2,1-7H3,(H,33,34);3-6H,1-2H3,(H,12,13). The van der Waals surface area contributed by atoms with Crippen molar-refractivity contribution in [2.75, 3.05) is 7.11 Å². The van der Waals surface area contributed by atoms with Gasteiger partial charge in [0.15, 0.2) is 5.78 Å². The molecule has 0 bridgehead atoms. The minimum Gasteiger partial charge on any atom is -0.495 e. The van der Waals surface area contributed by atoms with E-state index in [9.17, 15) is 24.6 Å². The van der Waals surface area contributed by atoms with Crippen LogP contribution in [-0.2, 0) is 9.59 Å². The van der Waals surface area contributed by atoms with Crippen molar-refractivity contribution in [1.29, 1.82) is 0 Å². The summed E-state index contributed by atoms with van der Waals surface area (Å²) in [6.07, 6.45) is 9.95. The number of nitrogens with one attached hydrogen (secondary N) is 1. The van der Waals surface area contributed by atoms with Gasteiger partial charge >= 0.3 is 5.97 Å². The number of ketones is 1. The molecule has 5 aliphatic rings. The number of hydrogen-bond donors (Lipinski definition) is 3. The summed E-state index contributed by atoms with van der Waals surface area (Å²) in [5, 5.41) is 21.9. The number of ether oxygens (including phenoxy) is 1. The van der Waals surface area contributed by atoms with Crippen molar-refractivity contribution in [3.8, 4) is 5.75 Å². The molecule has 1 aromatic heterocycles. The number of carboxylic acid groups (broad SMARTS) is 1. The summed E-state index contributed by atoms with van der Waals surface area (Å²) in [4.78, 5) is 40.5. The Morgan fingerprint density at radius 3 is 2.29 bits per heavy atom. The van der Waals surface area contributed by atoms with Gasteiger partial charge in [0.2, 0.25) is 5.56 Å². The first-order valence-corrected chi connectivity index (χ1v) is 18.1. The van der Waals surface area contributed by atoms with Crippen LogP contribution in [0.1, 0.15) is 112 Å². The highest BCUT2D eigenvalue weighted by atomic mass is 16.5. The minimum absolute atomic E-state index is 0.0296. The van der Waals surface area contributed by atoms with Gasteiger partial charge in [0.05, 0.1) is 24.1 Å². The number of carbonyl (C=O) groups is 2. The number of benzene rings is 1. The molecule has 1 aromatic carbocycles. The average Bonchev–Trinajstić information content (AvgIpc) is 3.01. The Balaban J connectivity index is 0.000000239. The number of para-hydroxylation sites is 1. The van der Waals surface area contributed by atoms with Gasteiger partial charge in [0.1, 0.15) is 5.75 Å². The van der Waals surface area contributed by atoms with E-state index >= 15 is 0 Å². The van der Waals surface area contributed by atoms with E-state index < -0.39 is 11.4 Å². The number of fused-ring (bicyclic) bond motifs is 8. The second-order valence-corrected chi connectivity index (χ2v) is 18.1. The van der Waals surface area contributed by atoms with Crippen LogP contribution in [0.2, 0.25) is 0 Å². The Morgan fingerprint density at radius 2 is 1.62 bits per heavy atom. The number of aliphatic hydroxyl groups is 1. The molecule has 9 unspecified atom stereocenters. The van der Waals surface area contributed by atoms with Crippen LogP contribution in [0.15, 0.2) is 40.7 Å². The van der Waals surface area contributed by atoms with E-state index in [1.807, 2.05) is 38.1 Å². The van der Waals surface area contributed by atoms with Gasteiger partial charge in [-0.15, -0.1) is 0 Å². The first-order valence-electron chi connectivity index (χ1n) is 18.1. The topological polar surface area (TPSA) is 117 Å². The third-order valence-electron chi connectivity index (χ3n) is 15.3. The fourth-order valence-corrected chi connectivity index (χ4v) is 12.0. The van der Waals surface area contributed by atoms with Crippen LogP contribution in [0, 0.1) is 57.2 Å². The van der Waals surface area contributed by atoms with E-state index in [0.717, 1.165) is 67.8 Å². The van der Waals surface area contributed by atoms with Crippen LogP contribution >= 0.6 is 0 Å². The molecule has 7 rings (SSSR count). The molecule has 0 radical (unpaired) electrons. The Hall–Kier alpha value is -2.93. The van der Waals surface area contributed by atoms with Crippen molar-refractivity contribution in [3.05, 3.63) is 51.8 Å². The second kappa shape index (κ2) is 11.3.